The first-order chi connectivity index (χ1) is 7.69. The summed E-state index contributed by atoms with van der Waals surface area (Å²) in [4.78, 5) is 0. The van der Waals surface area contributed by atoms with Crippen molar-refractivity contribution in [1.82, 2.24) is 0 Å². The summed E-state index contributed by atoms with van der Waals surface area (Å²) >= 11 is 8.72. The maximum atomic E-state index is 9.04. The number of halogens is 2. The highest BCUT2D eigenvalue weighted by Crippen LogP contribution is 2.34. The fraction of sp³-hybridized carbons (Fsp3) is 0.455. The fourth-order valence-electron chi connectivity index (χ4n) is 1.19. The van der Waals surface area contributed by atoms with Gasteiger partial charge in [-0.15, -0.1) is 0 Å². The van der Waals surface area contributed by atoms with Gasteiger partial charge in [0.25, 0.3) is 0 Å². The molecule has 0 aliphatic heterocycles. The van der Waals surface area contributed by atoms with E-state index in [4.69, 9.17) is 9.84 Å². The molecule has 0 aliphatic rings. The van der Waals surface area contributed by atoms with Gasteiger partial charge in [0.2, 0.25) is 0 Å². The molecule has 0 atom stereocenters. The molecule has 5 heteroatoms. The summed E-state index contributed by atoms with van der Waals surface area (Å²) in [6, 6.07) is 3.74. The molecule has 1 N–H and O–H groups in total. The molecule has 0 aromatic heterocycles. The van der Waals surface area contributed by atoms with Crippen LogP contribution in [0.15, 0.2) is 21.1 Å². The van der Waals surface area contributed by atoms with Gasteiger partial charge < -0.3 is 9.84 Å². The third kappa shape index (κ3) is 4.28. The monoisotopic (exact) mass is 368 g/mol. The fourth-order valence-corrected chi connectivity index (χ4v) is 3.19. The molecule has 0 heterocycles. The number of aliphatic hydroxyl groups is 1. The predicted molar refractivity (Wildman–Crippen MR) is 76.3 cm³/mol. The summed E-state index contributed by atoms with van der Waals surface area (Å²) in [5.74, 6) is 2.89. The van der Waals surface area contributed by atoms with Crippen LogP contribution in [-0.2, 0) is 6.61 Å². The zero-order chi connectivity index (χ0) is 12.0. The SMILES string of the molecule is CCSCCOc1c(Br)cc(CO)cc1Br. The molecule has 0 aliphatic carbocycles. The smallest absolute Gasteiger partial charge is 0.147 e. The van der Waals surface area contributed by atoms with Gasteiger partial charge in [0.1, 0.15) is 5.75 Å². The topological polar surface area (TPSA) is 29.5 Å². The van der Waals surface area contributed by atoms with Crippen LogP contribution in [0.3, 0.4) is 0 Å². The van der Waals surface area contributed by atoms with Crippen LogP contribution in [0.4, 0.5) is 0 Å². The van der Waals surface area contributed by atoms with Crippen LogP contribution in [0.5, 0.6) is 5.75 Å². The molecule has 16 heavy (non-hydrogen) atoms. The van der Waals surface area contributed by atoms with Gasteiger partial charge >= 0.3 is 0 Å². The Balaban J connectivity index is 2.65. The number of rotatable bonds is 6. The van der Waals surface area contributed by atoms with E-state index in [1.165, 1.54) is 0 Å². The summed E-state index contributed by atoms with van der Waals surface area (Å²) in [5, 5.41) is 9.04. The lowest BCUT2D eigenvalue weighted by Gasteiger charge is -2.11. The van der Waals surface area contributed by atoms with E-state index < -0.39 is 0 Å². The second-order valence-corrected chi connectivity index (χ2v) is 6.19. The van der Waals surface area contributed by atoms with Crippen molar-refractivity contribution >= 4 is 43.6 Å². The number of ether oxygens (including phenoxy) is 1. The highest BCUT2D eigenvalue weighted by atomic mass is 79.9. The highest BCUT2D eigenvalue weighted by molar-refractivity contribution is 9.11. The van der Waals surface area contributed by atoms with Crippen molar-refractivity contribution < 1.29 is 9.84 Å². The molecule has 0 bridgehead atoms. The van der Waals surface area contributed by atoms with E-state index >= 15 is 0 Å². The van der Waals surface area contributed by atoms with Gasteiger partial charge in [0.15, 0.2) is 0 Å². The molecule has 1 aromatic rings. The van der Waals surface area contributed by atoms with Gasteiger partial charge in [-0.2, -0.15) is 11.8 Å². The Morgan fingerprint density at radius 2 is 1.94 bits per heavy atom. The first kappa shape index (κ1) is 14.4. The van der Waals surface area contributed by atoms with E-state index in [2.05, 4.69) is 38.8 Å². The van der Waals surface area contributed by atoms with Crippen LogP contribution in [-0.4, -0.2) is 23.2 Å². The number of benzene rings is 1. The van der Waals surface area contributed by atoms with Gasteiger partial charge in [0, 0.05) is 5.75 Å². The summed E-state index contributed by atoms with van der Waals surface area (Å²) in [6.07, 6.45) is 0. The molecular formula is C11H14Br2O2S. The third-order valence-electron chi connectivity index (χ3n) is 1.92. The maximum absolute atomic E-state index is 9.04. The van der Waals surface area contributed by atoms with Crippen molar-refractivity contribution in [2.45, 2.75) is 13.5 Å². The number of hydrogen-bond donors (Lipinski definition) is 1. The Kier molecular flexibility index (Phi) is 6.80. The summed E-state index contributed by atoms with van der Waals surface area (Å²) in [5.41, 5.74) is 0.856. The zero-order valence-electron chi connectivity index (χ0n) is 9.00. The van der Waals surface area contributed by atoms with E-state index in [1.54, 1.807) is 0 Å². The van der Waals surface area contributed by atoms with Crippen molar-refractivity contribution in [2.75, 3.05) is 18.1 Å². The first-order valence-corrected chi connectivity index (χ1v) is 7.72. The molecule has 0 saturated carbocycles. The molecule has 0 fully saturated rings. The van der Waals surface area contributed by atoms with Gasteiger partial charge in [0.05, 0.1) is 22.2 Å². The lowest BCUT2D eigenvalue weighted by Crippen LogP contribution is -2.02. The Labute approximate surface area is 117 Å². The van der Waals surface area contributed by atoms with E-state index in [0.29, 0.717) is 6.61 Å². The lowest BCUT2D eigenvalue weighted by atomic mass is 10.2. The van der Waals surface area contributed by atoms with E-state index in [0.717, 1.165) is 31.8 Å². The average Bonchev–Trinajstić information content (AvgIpc) is 2.26. The lowest BCUT2D eigenvalue weighted by molar-refractivity contribution is 0.281. The predicted octanol–water partition coefficient (Wildman–Crippen LogP) is 3.84. The van der Waals surface area contributed by atoms with Crippen molar-refractivity contribution in [3.05, 3.63) is 26.6 Å². The van der Waals surface area contributed by atoms with Gasteiger partial charge in [-0.05, 0) is 55.3 Å². The van der Waals surface area contributed by atoms with Gasteiger partial charge in [-0.25, -0.2) is 0 Å². The molecular weight excluding hydrogens is 356 g/mol. The Morgan fingerprint density at radius 1 is 1.31 bits per heavy atom. The zero-order valence-corrected chi connectivity index (χ0v) is 13.0. The number of thioether (sulfide) groups is 1. The summed E-state index contributed by atoms with van der Waals surface area (Å²) in [7, 11) is 0. The van der Waals surface area contributed by atoms with E-state index in [9.17, 15) is 0 Å². The van der Waals surface area contributed by atoms with Crippen LogP contribution in [0.1, 0.15) is 12.5 Å². The maximum Gasteiger partial charge on any atom is 0.147 e. The van der Waals surface area contributed by atoms with Crippen LogP contribution >= 0.6 is 43.6 Å². The van der Waals surface area contributed by atoms with E-state index in [-0.39, 0.29) is 6.61 Å². The molecule has 0 unspecified atom stereocenters. The normalized spacial score (nSPS) is 10.5. The van der Waals surface area contributed by atoms with Crippen LogP contribution in [0, 0.1) is 0 Å². The molecule has 0 radical (unpaired) electrons. The summed E-state index contributed by atoms with van der Waals surface area (Å²) in [6.45, 7) is 2.85. The molecule has 1 aromatic carbocycles. The Bertz CT molecular complexity index is 322. The first-order valence-electron chi connectivity index (χ1n) is 4.98. The van der Waals surface area contributed by atoms with Crippen LogP contribution in [0.2, 0.25) is 0 Å². The largest absolute Gasteiger partial charge is 0.490 e. The average molecular weight is 370 g/mol. The minimum Gasteiger partial charge on any atom is -0.490 e. The quantitative estimate of drug-likeness (QED) is 0.772. The van der Waals surface area contributed by atoms with Crippen molar-refractivity contribution in [1.29, 1.82) is 0 Å². The van der Waals surface area contributed by atoms with Gasteiger partial charge in [-0.3, -0.25) is 0 Å². The second kappa shape index (κ2) is 7.58. The van der Waals surface area contributed by atoms with Crippen molar-refractivity contribution in [2.24, 2.45) is 0 Å². The molecule has 2 nitrogen and oxygen atoms in total. The molecule has 0 saturated heterocycles. The van der Waals surface area contributed by atoms with Crippen LogP contribution < -0.4 is 4.74 Å². The molecule has 0 spiro atoms. The van der Waals surface area contributed by atoms with Crippen molar-refractivity contribution in [3.8, 4) is 5.75 Å². The minimum atomic E-state index is 0.0309. The standard InChI is InChI=1S/C11H14Br2O2S/c1-2-16-4-3-15-11-9(12)5-8(7-14)6-10(11)13/h5-6,14H,2-4,7H2,1H3. The van der Waals surface area contributed by atoms with E-state index in [1.807, 2.05) is 23.9 Å². The molecule has 0 amide bonds. The highest BCUT2D eigenvalue weighted by Gasteiger charge is 2.08. The van der Waals surface area contributed by atoms with Crippen molar-refractivity contribution in [3.63, 3.8) is 0 Å². The van der Waals surface area contributed by atoms with Crippen LogP contribution in [0.25, 0.3) is 0 Å². The Hall–Kier alpha value is 0.290. The molecule has 1 rings (SSSR count). The van der Waals surface area contributed by atoms with Gasteiger partial charge in [-0.1, -0.05) is 6.92 Å². The number of aliphatic hydroxyl groups excluding tert-OH is 1. The second-order valence-electron chi connectivity index (χ2n) is 3.09. The minimum absolute atomic E-state index is 0.0309. The Morgan fingerprint density at radius 3 is 2.44 bits per heavy atom. The number of hydrogen-bond acceptors (Lipinski definition) is 3. The summed E-state index contributed by atoms with van der Waals surface area (Å²) < 4.78 is 7.41. The molecule has 90 valence electrons. The third-order valence-corrected chi connectivity index (χ3v) is 3.96.